The van der Waals surface area contributed by atoms with Crippen molar-refractivity contribution in [1.82, 2.24) is 14.2 Å². The van der Waals surface area contributed by atoms with E-state index in [2.05, 4.69) is 4.98 Å². The summed E-state index contributed by atoms with van der Waals surface area (Å²) in [6.45, 7) is 1.06. The van der Waals surface area contributed by atoms with E-state index in [1.54, 1.807) is 22.4 Å². The molecule has 1 amide bonds. The number of likely N-dealkylation sites (N-methyl/N-ethyl adjacent to an activating group) is 1. The van der Waals surface area contributed by atoms with Gasteiger partial charge in [-0.15, -0.1) is 22.7 Å². The molecule has 1 unspecified atom stereocenters. The van der Waals surface area contributed by atoms with Gasteiger partial charge in [0.25, 0.3) is 10.0 Å². The molecule has 6 nitrogen and oxygen atoms in total. The fourth-order valence-corrected chi connectivity index (χ4v) is 6.39. The second-order valence-corrected chi connectivity index (χ2v) is 10.8. The molecular weight excluding hydrogens is 402 g/mol. The number of hydrogen-bond donors (Lipinski definition) is 0. The lowest BCUT2D eigenvalue weighted by molar-refractivity contribution is -0.132. The highest BCUT2D eigenvalue weighted by molar-refractivity contribution is 7.91. The van der Waals surface area contributed by atoms with Crippen molar-refractivity contribution >= 4 is 50.2 Å². The summed E-state index contributed by atoms with van der Waals surface area (Å²) in [5, 5.41) is 2.97. The smallest absolute Gasteiger partial charge is 0.252 e. The highest BCUT2D eigenvalue weighted by atomic mass is 35.5. The molecule has 10 heteroatoms. The third-order valence-electron chi connectivity index (χ3n) is 4.15. The van der Waals surface area contributed by atoms with Crippen molar-refractivity contribution in [2.75, 3.05) is 26.7 Å². The molecule has 25 heavy (non-hydrogen) atoms. The lowest BCUT2D eigenvalue weighted by atomic mass is 9.99. The highest BCUT2D eigenvalue weighted by Crippen LogP contribution is 2.29. The monoisotopic (exact) mass is 419 g/mol. The molecule has 0 radical (unpaired) electrons. The van der Waals surface area contributed by atoms with Crippen molar-refractivity contribution in [2.24, 2.45) is 0 Å². The van der Waals surface area contributed by atoms with Crippen LogP contribution in [0.25, 0.3) is 0 Å². The van der Waals surface area contributed by atoms with Gasteiger partial charge in [0.2, 0.25) is 5.91 Å². The van der Waals surface area contributed by atoms with Crippen LogP contribution in [0.4, 0.5) is 0 Å². The van der Waals surface area contributed by atoms with E-state index in [-0.39, 0.29) is 22.6 Å². The van der Waals surface area contributed by atoms with Crippen LogP contribution >= 0.6 is 34.3 Å². The maximum absolute atomic E-state index is 12.6. The van der Waals surface area contributed by atoms with Gasteiger partial charge < -0.3 is 4.90 Å². The number of carbonyl (C=O) groups is 1. The van der Waals surface area contributed by atoms with Gasteiger partial charge in [-0.05, 0) is 25.0 Å². The summed E-state index contributed by atoms with van der Waals surface area (Å²) < 4.78 is 26.7. The SMILES string of the molecule is CN(CC(=O)N1CCCC(c2nccs2)C1)S(=O)(=O)c1ccc(Cl)s1. The second-order valence-electron chi connectivity index (χ2n) is 5.87. The summed E-state index contributed by atoms with van der Waals surface area (Å²) in [7, 11) is -2.28. The van der Waals surface area contributed by atoms with Crippen LogP contribution in [0, 0.1) is 0 Å². The third kappa shape index (κ3) is 4.22. The van der Waals surface area contributed by atoms with Crippen LogP contribution in [-0.2, 0) is 14.8 Å². The molecule has 0 aliphatic carbocycles. The van der Waals surface area contributed by atoms with Crippen molar-refractivity contribution in [2.45, 2.75) is 23.0 Å². The maximum Gasteiger partial charge on any atom is 0.252 e. The van der Waals surface area contributed by atoms with Crippen molar-refractivity contribution in [3.63, 3.8) is 0 Å². The molecule has 0 aromatic carbocycles. The molecule has 1 aliphatic heterocycles. The Labute approximate surface area is 160 Å². The number of nitrogens with zero attached hydrogens (tertiary/aromatic N) is 3. The minimum absolute atomic E-state index is 0.145. The van der Waals surface area contributed by atoms with Gasteiger partial charge in [-0.1, -0.05) is 11.6 Å². The molecule has 0 spiro atoms. The number of amides is 1. The molecule has 136 valence electrons. The number of aromatic nitrogens is 1. The molecule has 0 bridgehead atoms. The van der Waals surface area contributed by atoms with Crippen LogP contribution in [0.15, 0.2) is 27.9 Å². The van der Waals surface area contributed by atoms with Crippen molar-refractivity contribution < 1.29 is 13.2 Å². The van der Waals surface area contributed by atoms with Crippen molar-refractivity contribution in [1.29, 1.82) is 0 Å². The number of hydrogen-bond acceptors (Lipinski definition) is 6. The van der Waals surface area contributed by atoms with E-state index in [0.717, 1.165) is 33.5 Å². The highest BCUT2D eigenvalue weighted by Gasteiger charge is 2.30. The van der Waals surface area contributed by atoms with Gasteiger partial charge in [0, 0.05) is 37.6 Å². The molecule has 1 atom stereocenters. The Morgan fingerprint density at radius 2 is 2.28 bits per heavy atom. The zero-order valence-corrected chi connectivity index (χ0v) is 16.8. The molecule has 2 aromatic rings. The molecule has 1 aliphatic rings. The maximum atomic E-state index is 12.6. The number of piperidine rings is 1. The Balaban J connectivity index is 1.65. The fraction of sp³-hybridized carbons (Fsp3) is 0.467. The van der Waals surface area contributed by atoms with E-state index in [1.807, 2.05) is 5.38 Å². The van der Waals surface area contributed by atoms with E-state index >= 15 is 0 Å². The van der Waals surface area contributed by atoms with Crippen molar-refractivity contribution in [3.8, 4) is 0 Å². The van der Waals surface area contributed by atoms with Gasteiger partial charge in [0.1, 0.15) is 4.21 Å². The number of halogens is 1. The molecule has 3 rings (SSSR count). The Morgan fingerprint density at radius 1 is 1.48 bits per heavy atom. The number of thiophene rings is 1. The van der Waals surface area contributed by atoms with Crippen LogP contribution in [-0.4, -0.2) is 55.2 Å². The molecule has 0 N–H and O–H groups in total. The van der Waals surface area contributed by atoms with E-state index in [9.17, 15) is 13.2 Å². The Morgan fingerprint density at radius 3 is 2.92 bits per heavy atom. The summed E-state index contributed by atoms with van der Waals surface area (Å²) in [6.07, 6.45) is 3.67. The molecule has 1 fully saturated rings. The Kier molecular flexibility index (Phi) is 5.79. The Hall–Kier alpha value is -1.000. The lowest BCUT2D eigenvalue weighted by Gasteiger charge is -2.32. The Bertz CT molecular complexity index is 835. The largest absolute Gasteiger partial charge is 0.341 e. The first-order valence-electron chi connectivity index (χ1n) is 7.77. The lowest BCUT2D eigenvalue weighted by Crippen LogP contribution is -2.45. The summed E-state index contributed by atoms with van der Waals surface area (Å²) >= 11 is 8.40. The van der Waals surface area contributed by atoms with E-state index in [0.29, 0.717) is 17.4 Å². The number of carbonyl (C=O) groups excluding carboxylic acids is 1. The normalized spacial score (nSPS) is 18.7. The number of likely N-dealkylation sites (tertiary alicyclic amines) is 1. The summed E-state index contributed by atoms with van der Waals surface area (Å²) in [5.74, 6) is 0.0469. The minimum atomic E-state index is -3.70. The predicted molar refractivity (Wildman–Crippen MR) is 99.8 cm³/mol. The van der Waals surface area contributed by atoms with Crippen LogP contribution in [0.3, 0.4) is 0 Å². The average molecular weight is 420 g/mol. The van der Waals surface area contributed by atoms with Gasteiger partial charge in [0.15, 0.2) is 0 Å². The van der Waals surface area contributed by atoms with Crippen LogP contribution in [0.2, 0.25) is 4.34 Å². The molecular formula is C15H18ClN3O3S3. The topological polar surface area (TPSA) is 70.6 Å². The molecule has 2 aromatic heterocycles. The number of rotatable bonds is 5. The number of sulfonamides is 1. The summed E-state index contributed by atoms with van der Waals surface area (Å²) in [5.41, 5.74) is 0. The summed E-state index contributed by atoms with van der Waals surface area (Å²) in [4.78, 5) is 18.7. The molecule has 3 heterocycles. The summed E-state index contributed by atoms with van der Waals surface area (Å²) in [6, 6.07) is 3.00. The number of thiazole rings is 1. The average Bonchev–Trinajstić information content (AvgIpc) is 3.26. The van der Waals surface area contributed by atoms with Gasteiger partial charge in [-0.2, -0.15) is 4.31 Å². The van der Waals surface area contributed by atoms with E-state index < -0.39 is 10.0 Å². The predicted octanol–water partition coefficient (Wildman–Crippen LogP) is 2.88. The third-order valence-corrected chi connectivity index (χ3v) is 8.59. The van der Waals surface area contributed by atoms with Crippen molar-refractivity contribution in [3.05, 3.63) is 33.1 Å². The van der Waals surface area contributed by atoms with E-state index in [4.69, 9.17) is 11.6 Å². The van der Waals surface area contributed by atoms with Gasteiger partial charge >= 0.3 is 0 Å². The molecule has 0 saturated carbocycles. The minimum Gasteiger partial charge on any atom is -0.341 e. The van der Waals surface area contributed by atoms with E-state index in [1.165, 1.54) is 19.2 Å². The standard InChI is InChI=1S/C15H18ClN3O3S3/c1-18(25(21,22)14-5-4-12(16)24-14)10-13(20)19-7-2-3-11(9-19)15-17-6-8-23-15/h4-6,8,11H,2-3,7,9-10H2,1H3. The fourth-order valence-electron chi connectivity index (χ4n) is 2.81. The second kappa shape index (κ2) is 7.71. The molecule has 1 saturated heterocycles. The first-order chi connectivity index (χ1) is 11.9. The van der Waals surface area contributed by atoms with Gasteiger partial charge in [-0.3, -0.25) is 4.79 Å². The zero-order chi connectivity index (χ0) is 18.0. The van der Waals surface area contributed by atoms with Gasteiger partial charge in [0.05, 0.1) is 15.9 Å². The zero-order valence-electron chi connectivity index (χ0n) is 13.6. The van der Waals surface area contributed by atoms with Crippen LogP contribution in [0.1, 0.15) is 23.8 Å². The first-order valence-corrected chi connectivity index (χ1v) is 11.3. The first kappa shape index (κ1) is 18.8. The quantitative estimate of drug-likeness (QED) is 0.747. The van der Waals surface area contributed by atoms with Gasteiger partial charge in [-0.25, -0.2) is 13.4 Å². The van der Waals surface area contributed by atoms with Crippen LogP contribution in [0.5, 0.6) is 0 Å². The van der Waals surface area contributed by atoms with Crippen LogP contribution < -0.4 is 0 Å².